The van der Waals surface area contributed by atoms with Crippen LogP contribution in [-0.2, 0) is 16.6 Å². The van der Waals surface area contributed by atoms with Gasteiger partial charge in [0.1, 0.15) is 0 Å². The van der Waals surface area contributed by atoms with Crippen molar-refractivity contribution < 1.29 is 13.2 Å². The zero-order chi connectivity index (χ0) is 25.0. The lowest BCUT2D eigenvalue weighted by molar-refractivity contribution is 0.0935. The van der Waals surface area contributed by atoms with E-state index in [1.807, 2.05) is 44.2 Å². The Balaban J connectivity index is 1.80. The number of carbonyl (C=O) groups is 1. The van der Waals surface area contributed by atoms with Crippen molar-refractivity contribution in [1.82, 2.24) is 5.32 Å². The van der Waals surface area contributed by atoms with Gasteiger partial charge in [-0.2, -0.15) is 0 Å². The van der Waals surface area contributed by atoms with Gasteiger partial charge >= 0.3 is 0 Å². The average molecular weight is 479 g/mol. The molecule has 34 heavy (non-hydrogen) atoms. The van der Waals surface area contributed by atoms with Crippen molar-refractivity contribution in [3.05, 3.63) is 99.6 Å². The molecule has 0 aromatic heterocycles. The number of sulfonamides is 1. The zero-order valence-electron chi connectivity index (χ0n) is 20.8. The summed E-state index contributed by atoms with van der Waals surface area (Å²) in [5, 5.41) is 3.14. The van der Waals surface area contributed by atoms with Gasteiger partial charge in [0.15, 0.2) is 0 Å². The molecule has 0 fully saturated rings. The van der Waals surface area contributed by atoms with E-state index >= 15 is 0 Å². The summed E-state index contributed by atoms with van der Waals surface area (Å²) < 4.78 is 26.7. The average Bonchev–Trinajstić information content (AvgIpc) is 2.76. The van der Waals surface area contributed by atoms with Crippen LogP contribution in [0.5, 0.6) is 0 Å². The quantitative estimate of drug-likeness (QED) is 0.447. The maximum atomic E-state index is 13.0. The van der Waals surface area contributed by atoms with Crippen LogP contribution in [0.15, 0.2) is 60.7 Å². The number of nitrogens with one attached hydrogen (secondary N) is 1. The van der Waals surface area contributed by atoms with Crippen molar-refractivity contribution in [3.63, 3.8) is 0 Å². The van der Waals surface area contributed by atoms with Crippen LogP contribution in [0.25, 0.3) is 0 Å². The van der Waals surface area contributed by atoms with Crippen LogP contribution in [0.3, 0.4) is 0 Å². The van der Waals surface area contributed by atoms with Gasteiger partial charge < -0.3 is 5.32 Å². The monoisotopic (exact) mass is 478 g/mol. The normalized spacial score (nSPS) is 12.3. The maximum Gasteiger partial charge on any atom is 0.251 e. The number of hydrogen-bond donors (Lipinski definition) is 1. The van der Waals surface area contributed by atoms with Crippen LogP contribution in [0.1, 0.15) is 63.1 Å². The number of carbonyl (C=O) groups excluding carboxylic acids is 1. The summed E-state index contributed by atoms with van der Waals surface area (Å²) in [4.78, 5) is 13.0. The third-order valence-electron chi connectivity index (χ3n) is 6.15. The van der Waals surface area contributed by atoms with Crippen LogP contribution in [0.4, 0.5) is 5.69 Å². The molecular formula is C28H34N2O3S. The van der Waals surface area contributed by atoms with Gasteiger partial charge in [-0.15, -0.1) is 0 Å². The summed E-state index contributed by atoms with van der Waals surface area (Å²) in [6.45, 7) is 10.2. The highest BCUT2D eigenvalue weighted by Crippen LogP contribution is 2.28. The number of hydrogen-bond acceptors (Lipinski definition) is 3. The van der Waals surface area contributed by atoms with Crippen LogP contribution in [0, 0.1) is 27.7 Å². The molecule has 0 spiro atoms. The molecular weight excluding hydrogens is 444 g/mol. The second-order valence-electron chi connectivity index (χ2n) is 9.00. The van der Waals surface area contributed by atoms with Crippen molar-refractivity contribution in [2.45, 2.75) is 53.6 Å². The molecule has 3 aromatic carbocycles. The van der Waals surface area contributed by atoms with Gasteiger partial charge in [0.25, 0.3) is 5.91 Å². The van der Waals surface area contributed by atoms with Gasteiger partial charge in [0, 0.05) is 5.56 Å². The summed E-state index contributed by atoms with van der Waals surface area (Å²) in [7, 11) is -3.49. The highest BCUT2D eigenvalue weighted by atomic mass is 32.2. The van der Waals surface area contributed by atoms with Gasteiger partial charge in [-0.25, -0.2) is 8.42 Å². The molecule has 0 bridgehead atoms. The molecule has 1 N–H and O–H groups in total. The predicted octanol–water partition coefficient (Wildman–Crippen LogP) is 5.77. The first kappa shape index (κ1) is 25.5. The Kier molecular flexibility index (Phi) is 7.82. The molecule has 0 aliphatic rings. The molecule has 0 radical (unpaired) electrons. The van der Waals surface area contributed by atoms with E-state index < -0.39 is 10.0 Å². The van der Waals surface area contributed by atoms with E-state index in [0.717, 1.165) is 34.2 Å². The molecule has 0 aliphatic heterocycles. The lowest BCUT2D eigenvalue weighted by Crippen LogP contribution is -2.31. The smallest absolute Gasteiger partial charge is 0.251 e. The molecule has 5 nitrogen and oxygen atoms in total. The lowest BCUT2D eigenvalue weighted by Gasteiger charge is -2.26. The van der Waals surface area contributed by atoms with Crippen LogP contribution in [0.2, 0.25) is 0 Å². The fraction of sp³-hybridized carbons (Fsp3) is 0.321. The fourth-order valence-corrected chi connectivity index (χ4v) is 5.35. The van der Waals surface area contributed by atoms with Crippen molar-refractivity contribution in [3.8, 4) is 0 Å². The van der Waals surface area contributed by atoms with Crippen molar-refractivity contribution in [2.75, 3.05) is 10.6 Å². The molecule has 0 saturated heterocycles. The molecule has 1 amide bonds. The Hall–Kier alpha value is -3.12. The Bertz CT molecular complexity index is 1260. The zero-order valence-corrected chi connectivity index (χ0v) is 21.7. The first-order valence-electron chi connectivity index (χ1n) is 11.5. The Morgan fingerprint density at radius 2 is 1.53 bits per heavy atom. The van der Waals surface area contributed by atoms with Crippen molar-refractivity contribution in [2.24, 2.45) is 0 Å². The first-order chi connectivity index (χ1) is 16.0. The number of para-hydroxylation sites is 1. The van der Waals surface area contributed by atoms with Gasteiger partial charge in [-0.3, -0.25) is 9.10 Å². The van der Waals surface area contributed by atoms with Gasteiger partial charge in [-0.05, 0) is 74.1 Å². The molecule has 0 unspecified atom stereocenters. The summed E-state index contributed by atoms with van der Waals surface area (Å²) in [5.74, 6) is -0.145. The standard InChI is InChI=1S/C28H34N2O3S/c1-7-26(25-16-11-19(2)17-22(25)5)29-28(31)24-14-12-23(13-15-24)18-30(34(6,32)33)27-20(3)9-8-10-21(27)4/h8-17,26H,7,18H2,1-6H3,(H,29,31)/t26-/m0/s1. The largest absolute Gasteiger partial charge is 0.345 e. The molecule has 1 atom stereocenters. The minimum Gasteiger partial charge on any atom is -0.345 e. The van der Waals surface area contributed by atoms with Crippen LogP contribution in [-0.4, -0.2) is 20.6 Å². The number of nitrogens with zero attached hydrogens (tertiary/aromatic N) is 1. The van der Waals surface area contributed by atoms with E-state index in [1.54, 1.807) is 12.1 Å². The van der Waals surface area contributed by atoms with Gasteiger partial charge in [0.05, 0.1) is 24.5 Å². The summed E-state index contributed by atoms with van der Waals surface area (Å²) in [6.07, 6.45) is 2.01. The molecule has 0 saturated carbocycles. The minimum absolute atomic E-state index is 0.0717. The first-order valence-corrected chi connectivity index (χ1v) is 13.4. The highest BCUT2D eigenvalue weighted by molar-refractivity contribution is 7.92. The van der Waals surface area contributed by atoms with Gasteiger partial charge in [-0.1, -0.05) is 61.0 Å². The van der Waals surface area contributed by atoms with Crippen LogP contribution < -0.4 is 9.62 Å². The van der Waals surface area contributed by atoms with Crippen molar-refractivity contribution in [1.29, 1.82) is 0 Å². The highest BCUT2D eigenvalue weighted by Gasteiger charge is 2.22. The summed E-state index contributed by atoms with van der Waals surface area (Å²) in [6, 6.07) is 19.1. The Labute approximate surface area is 203 Å². The number of benzene rings is 3. The Morgan fingerprint density at radius 3 is 2.06 bits per heavy atom. The minimum atomic E-state index is -3.49. The maximum absolute atomic E-state index is 13.0. The van der Waals surface area contributed by atoms with E-state index in [1.165, 1.54) is 16.1 Å². The topological polar surface area (TPSA) is 66.5 Å². The summed E-state index contributed by atoms with van der Waals surface area (Å²) >= 11 is 0. The van der Waals surface area contributed by atoms with Crippen LogP contribution >= 0.6 is 0 Å². The molecule has 3 rings (SSSR count). The number of rotatable bonds is 8. The van der Waals surface area contributed by atoms with E-state index in [-0.39, 0.29) is 18.5 Å². The Morgan fingerprint density at radius 1 is 0.912 bits per heavy atom. The SMILES string of the molecule is CC[C@H](NC(=O)c1ccc(CN(c2c(C)cccc2C)S(C)(=O)=O)cc1)c1ccc(C)cc1C. The number of anilines is 1. The number of aryl methyl sites for hydroxylation is 4. The van der Waals surface area contributed by atoms with E-state index in [2.05, 4.69) is 44.3 Å². The molecule has 180 valence electrons. The van der Waals surface area contributed by atoms with E-state index in [0.29, 0.717) is 11.3 Å². The van der Waals surface area contributed by atoms with E-state index in [4.69, 9.17) is 0 Å². The fourth-order valence-electron chi connectivity index (χ4n) is 4.35. The summed E-state index contributed by atoms with van der Waals surface area (Å²) in [5.41, 5.74) is 7.34. The third-order valence-corrected chi connectivity index (χ3v) is 7.26. The third kappa shape index (κ3) is 5.86. The van der Waals surface area contributed by atoms with Gasteiger partial charge in [0.2, 0.25) is 10.0 Å². The lowest BCUT2D eigenvalue weighted by atomic mass is 9.97. The molecule has 0 heterocycles. The van der Waals surface area contributed by atoms with E-state index in [9.17, 15) is 13.2 Å². The second-order valence-corrected chi connectivity index (χ2v) is 10.9. The van der Waals surface area contributed by atoms with Crippen molar-refractivity contribution >= 4 is 21.6 Å². The predicted molar refractivity (Wildman–Crippen MR) is 140 cm³/mol. The number of amides is 1. The molecule has 6 heteroatoms. The second kappa shape index (κ2) is 10.4. The molecule has 0 aliphatic carbocycles. The molecule has 3 aromatic rings.